The molecule has 0 aliphatic heterocycles. The minimum Gasteiger partial charge on any atom is -0.366 e. The van der Waals surface area contributed by atoms with E-state index < -0.39 is 11.8 Å². The molecule has 2 amide bonds. The Morgan fingerprint density at radius 3 is 2.05 bits per heavy atom. The lowest BCUT2D eigenvalue weighted by Gasteiger charge is -2.18. The van der Waals surface area contributed by atoms with Crippen LogP contribution in [0.3, 0.4) is 0 Å². The molecule has 0 aromatic heterocycles. The summed E-state index contributed by atoms with van der Waals surface area (Å²) in [4.78, 5) is 23.1. The van der Waals surface area contributed by atoms with E-state index in [9.17, 15) is 9.59 Å². The van der Waals surface area contributed by atoms with Gasteiger partial charge in [0.15, 0.2) is 0 Å². The molecule has 0 aliphatic rings. The van der Waals surface area contributed by atoms with Crippen LogP contribution in [0.1, 0.15) is 65.8 Å². The Kier molecular flexibility index (Phi) is 6.22. The van der Waals surface area contributed by atoms with Gasteiger partial charge >= 0.3 is 0 Å². The molecular formula is C16H24N2O2. The highest BCUT2D eigenvalue weighted by Crippen LogP contribution is 2.23. The van der Waals surface area contributed by atoms with Crippen molar-refractivity contribution in [2.75, 3.05) is 0 Å². The maximum atomic E-state index is 11.6. The number of hydrogen-bond donors (Lipinski definition) is 2. The molecule has 4 heteroatoms. The van der Waals surface area contributed by atoms with Gasteiger partial charge in [-0.2, -0.15) is 0 Å². The first-order chi connectivity index (χ1) is 9.51. The zero-order valence-corrected chi connectivity index (χ0v) is 12.3. The van der Waals surface area contributed by atoms with Crippen LogP contribution in [0.4, 0.5) is 0 Å². The number of rotatable bonds is 8. The third-order valence-electron chi connectivity index (χ3n) is 3.74. The van der Waals surface area contributed by atoms with Crippen molar-refractivity contribution in [2.45, 2.75) is 46.0 Å². The van der Waals surface area contributed by atoms with Crippen molar-refractivity contribution in [2.24, 2.45) is 17.4 Å². The Morgan fingerprint density at radius 1 is 1.10 bits per heavy atom. The second kappa shape index (κ2) is 7.68. The van der Waals surface area contributed by atoms with E-state index in [1.165, 1.54) is 0 Å². The standard InChI is InChI=1S/C16H24N2O2/c1-3-5-7-11(4-2)10-14-12(15(17)19)8-6-9-13(14)16(18)20/h6,8-9,11H,3-5,7,10H2,1-2H3,(H2,17,19)(H2,18,20). The summed E-state index contributed by atoms with van der Waals surface area (Å²) in [6.45, 7) is 4.27. The van der Waals surface area contributed by atoms with Crippen molar-refractivity contribution in [3.05, 3.63) is 34.9 Å². The molecule has 1 aromatic carbocycles. The smallest absolute Gasteiger partial charge is 0.249 e. The van der Waals surface area contributed by atoms with Crippen LogP contribution in [0.5, 0.6) is 0 Å². The van der Waals surface area contributed by atoms with E-state index in [4.69, 9.17) is 11.5 Å². The number of benzene rings is 1. The van der Waals surface area contributed by atoms with E-state index in [2.05, 4.69) is 13.8 Å². The van der Waals surface area contributed by atoms with Crippen LogP contribution in [0.15, 0.2) is 18.2 Å². The fourth-order valence-electron chi connectivity index (χ4n) is 2.50. The number of primary amides is 2. The lowest BCUT2D eigenvalue weighted by atomic mass is 9.87. The minimum absolute atomic E-state index is 0.413. The number of carbonyl (C=O) groups excluding carboxylic acids is 2. The predicted molar refractivity (Wildman–Crippen MR) is 80.5 cm³/mol. The maximum absolute atomic E-state index is 11.6. The fourth-order valence-corrected chi connectivity index (χ4v) is 2.50. The van der Waals surface area contributed by atoms with E-state index in [1.54, 1.807) is 18.2 Å². The summed E-state index contributed by atoms with van der Waals surface area (Å²) in [7, 11) is 0. The highest BCUT2D eigenvalue weighted by Gasteiger charge is 2.18. The van der Waals surface area contributed by atoms with Crippen LogP contribution in [-0.4, -0.2) is 11.8 Å². The number of nitrogens with two attached hydrogens (primary N) is 2. The summed E-state index contributed by atoms with van der Waals surface area (Å²) in [5.41, 5.74) is 12.4. The molecule has 0 heterocycles. The van der Waals surface area contributed by atoms with Gasteiger partial charge in [-0.3, -0.25) is 9.59 Å². The van der Waals surface area contributed by atoms with Crippen LogP contribution in [0, 0.1) is 5.92 Å². The summed E-state index contributed by atoms with van der Waals surface area (Å²) < 4.78 is 0. The number of amides is 2. The van der Waals surface area contributed by atoms with Crippen LogP contribution in [0.2, 0.25) is 0 Å². The van der Waals surface area contributed by atoms with Crippen molar-refractivity contribution in [1.29, 1.82) is 0 Å². The highest BCUT2D eigenvalue weighted by atomic mass is 16.1. The lowest BCUT2D eigenvalue weighted by molar-refractivity contribution is 0.0999. The van der Waals surface area contributed by atoms with Crippen molar-refractivity contribution in [3.63, 3.8) is 0 Å². The van der Waals surface area contributed by atoms with Gasteiger partial charge in [-0.15, -0.1) is 0 Å². The zero-order chi connectivity index (χ0) is 15.1. The Balaban J connectivity index is 3.12. The quantitative estimate of drug-likeness (QED) is 0.764. The molecule has 4 nitrogen and oxygen atoms in total. The first kappa shape index (κ1) is 16.2. The molecule has 20 heavy (non-hydrogen) atoms. The molecule has 0 bridgehead atoms. The number of unbranched alkanes of at least 4 members (excludes halogenated alkanes) is 1. The molecule has 0 saturated heterocycles. The average molecular weight is 276 g/mol. The molecule has 0 radical (unpaired) electrons. The van der Waals surface area contributed by atoms with Crippen LogP contribution >= 0.6 is 0 Å². The normalized spacial score (nSPS) is 12.1. The number of hydrogen-bond acceptors (Lipinski definition) is 2. The molecule has 0 fully saturated rings. The van der Waals surface area contributed by atoms with Gasteiger partial charge in [0.25, 0.3) is 0 Å². The first-order valence-corrected chi connectivity index (χ1v) is 7.22. The van der Waals surface area contributed by atoms with E-state index in [-0.39, 0.29) is 0 Å². The van der Waals surface area contributed by atoms with Crippen molar-refractivity contribution in [3.8, 4) is 0 Å². The summed E-state index contributed by atoms with van der Waals surface area (Å²) >= 11 is 0. The van der Waals surface area contributed by atoms with Crippen molar-refractivity contribution < 1.29 is 9.59 Å². The van der Waals surface area contributed by atoms with E-state index in [0.29, 0.717) is 29.0 Å². The molecule has 1 aromatic rings. The average Bonchev–Trinajstić information content (AvgIpc) is 2.42. The van der Waals surface area contributed by atoms with Crippen LogP contribution < -0.4 is 11.5 Å². The van der Waals surface area contributed by atoms with Crippen molar-refractivity contribution >= 4 is 11.8 Å². The summed E-state index contributed by atoms with van der Waals surface area (Å²) in [6, 6.07) is 4.98. The molecule has 0 saturated carbocycles. The first-order valence-electron chi connectivity index (χ1n) is 7.22. The van der Waals surface area contributed by atoms with Crippen molar-refractivity contribution in [1.82, 2.24) is 0 Å². The van der Waals surface area contributed by atoms with E-state index in [1.807, 2.05) is 0 Å². The van der Waals surface area contributed by atoms with Gasteiger partial charge in [0.05, 0.1) is 0 Å². The Labute approximate surface area is 120 Å². The highest BCUT2D eigenvalue weighted by molar-refractivity contribution is 6.01. The van der Waals surface area contributed by atoms with Gasteiger partial charge in [0.1, 0.15) is 0 Å². The van der Waals surface area contributed by atoms with Gasteiger partial charge in [-0.25, -0.2) is 0 Å². The van der Waals surface area contributed by atoms with E-state index >= 15 is 0 Å². The molecule has 0 aliphatic carbocycles. The topological polar surface area (TPSA) is 86.2 Å². The lowest BCUT2D eigenvalue weighted by Crippen LogP contribution is -2.21. The largest absolute Gasteiger partial charge is 0.366 e. The molecule has 1 rings (SSSR count). The van der Waals surface area contributed by atoms with Gasteiger partial charge in [-0.1, -0.05) is 45.6 Å². The SMILES string of the molecule is CCCCC(CC)Cc1c(C(N)=O)cccc1C(N)=O. The number of carbonyl (C=O) groups is 2. The monoisotopic (exact) mass is 276 g/mol. The van der Waals surface area contributed by atoms with Crippen LogP contribution in [-0.2, 0) is 6.42 Å². The summed E-state index contributed by atoms with van der Waals surface area (Å²) in [5, 5.41) is 0. The third-order valence-corrected chi connectivity index (χ3v) is 3.74. The Morgan fingerprint density at radius 2 is 1.65 bits per heavy atom. The Hall–Kier alpha value is -1.84. The molecule has 1 unspecified atom stereocenters. The summed E-state index contributed by atoms with van der Waals surface area (Å²) in [6.07, 6.45) is 5.04. The summed E-state index contributed by atoms with van der Waals surface area (Å²) in [5.74, 6) is -0.574. The third kappa shape index (κ3) is 4.08. The van der Waals surface area contributed by atoms with Gasteiger partial charge in [-0.05, 0) is 30.0 Å². The van der Waals surface area contributed by atoms with Gasteiger partial charge in [0, 0.05) is 11.1 Å². The Bertz CT molecular complexity index is 451. The maximum Gasteiger partial charge on any atom is 0.249 e. The van der Waals surface area contributed by atoms with E-state index in [0.717, 1.165) is 25.7 Å². The predicted octanol–water partition coefficient (Wildman–Crippen LogP) is 2.64. The molecule has 1 atom stereocenters. The molecular weight excluding hydrogens is 252 g/mol. The minimum atomic E-state index is -0.506. The fraction of sp³-hybridized carbons (Fsp3) is 0.500. The second-order valence-corrected chi connectivity index (χ2v) is 5.18. The zero-order valence-electron chi connectivity index (χ0n) is 12.3. The van der Waals surface area contributed by atoms with Gasteiger partial charge < -0.3 is 11.5 Å². The molecule has 4 N–H and O–H groups in total. The van der Waals surface area contributed by atoms with Gasteiger partial charge in [0.2, 0.25) is 11.8 Å². The molecule has 0 spiro atoms. The van der Waals surface area contributed by atoms with Crippen LogP contribution in [0.25, 0.3) is 0 Å². The molecule has 110 valence electrons. The second-order valence-electron chi connectivity index (χ2n) is 5.18.